The quantitative estimate of drug-likeness (QED) is 0.584. The van der Waals surface area contributed by atoms with Crippen LogP contribution in [-0.2, 0) is 20.9 Å². The maximum Gasteiger partial charge on any atom is 0.312 e. The molecule has 7 nitrogen and oxygen atoms in total. The molecule has 2 fully saturated rings. The number of amides is 3. The Balaban J connectivity index is 1.28. The molecule has 33 heavy (non-hydrogen) atoms. The molecule has 3 amide bonds. The summed E-state index contributed by atoms with van der Waals surface area (Å²) in [4.78, 5) is 43.3. The van der Waals surface area contributed by atoms with Gasteiger partial charge in [0.05, 0.1) is 0 Å². The van der Waals surface area contributed by atoms with Crippen LogP contribution in [0.4, 0.5) is 0 Å². The monoisotopic (exact) mass is 444 g/mol. The summed E-state index contributed by atoms with van der Waals surface area (Å²) in [6, 6.07) is 20.3. The van der Waals surface area contributed by atoms with Gasteiger partial charge >= 0.3 is 11.8 Å². The Morgan fingerprint density at radius 2 is 1.24 bits per heavy atom. The molecule has 5 rings (SSSR count). The highest BCUT2D eigenvalue weighted by Crippen LogP contribution is 2.28. The molecule has 0 N–H and O–H groups in total. The third kappa shape index (κ3) is 4.23. The second kappa shape index (κ2) is 9.10. The highest BCUT2D eigenvalue weighted by molar-refractivity contribution is 6.35. The van der Waals surface area contributed by atoms with Crippen molar-refractivity contribution in [1.29, 1.82) is 0 Å². The maximum absolute atomic E-state index is 13.2. The van der Waals surface area contributed by atoms with E-state index in [1.54, 1.807) is 14.7 Å². The van der Waals surface area contributed by atoms with Gasteiger partial charge in [0.1, 0.15) is 6.54 Å². The minimum absolute atomic E-state index is 0.0199. The molecule has 2 saturated heterocycles. The smallest absolute Gasteiger partial charge is 0.312 e. The Hall–Kier alpha value is -3.61. The SMILES string of the molecule is O=C(Cn1c(-c2ccccc2)cc2ccccc21)N1CCN(C(=O)C(=O)N2CCCC2)CC1. The first-order chi connectivity index (χ1) is 16.1. The molecule has 170 valence electrons. The lowest BCUT2D eigenvalue weighted by atomic mass is 10.1. The van der Waals surface area contributed by atoms with Crippen molar-refractivity contribution in [2.45, 2.75) is 19.4 Å². The van der Waals surface area contributed by atoms with E-state index in [1.807, 2.05) is 36.4 Å². The first-order valence-electron chi connectivity index (χ1n) is 11.6. The summed E-state index contributed by atoms with van der Waals surface area (Å²) in [5.41, 5.74) is 3.10. The Morgan fingerprint density at radius 1 is 0.667 bits per heavy atom. The van der Waals surface area contributed by atoms with Crippen LogP contribution in [0.25, 0.3) is 22.2 Å². The van der Waals surface area contributed by atoms with Crippen molar-refractivity contribution in [1.82, 2.24) is 19.3 Å². The van der Waals surface area contributed by atoms with Crippen LogP contribution < -0.4 is 0 Å². The van der Waals surface area contributed by atoms with Gasteiger partial charge in [-0.05, 0) is 30.5 Å². The second-order valence-electron chi connectivity index (χ2n) is 8.71. The van der Waals surface area contributed by atoms with Crippen molar-refractivity contribution in [2.75, 3.05) is 39.3 Å². The number of fused-ring (bicyclic) bond motifs is 1. The number of carbonyl (C=O) groups is 3. The van der Waals surface area contributed by atoms with E-state index in [2.05, 4.69) is 28.8 Å². The van der Waals surface area contributed by atoms with E-state index in [-0.39, 0.29) is 12.5 Å². The number of benzene rings is 2. The summed E-state index contributed by atoms with van der Waals surface area (Å²) >= 11 is 0. The summed E-state index contributed by atoms with van der Waals surface area (Å²) in [6.45, 7) is 3.23. The normalized spacial score (nSPS) is 16.4. The summed E-state index contributed by atoms with van der Waals surface area (Å²) < 4.78 is 2.07. The van der Waals surface area contributed by atoms with Crippen molar-refractivity contribution < 1.29 is 14.4 Å². The molecule has 2 aliphatic heterocycles. The zero-order valence-corrected chi connectivity index (χ0v) is 18.7. The standard InChI is InChI=1S/C26H28N4O3/c31-24(27-14-16-29(17-15-27)26(33)25(32)28-12-6-7-13-28)19-30-22-11-5-4-10-21(22)18-23(30)20-8-2-1-3-9-20/h1-5,8-11,18H,6-7,12-17,19H2. The molecule has 0 bridgehead atoms. The lowest BCUT2D eigenvalue weighted by molar-refractivity contribution is -0.153. The molecule has 1 aromatic heterocycles. The number of aromatic nitrogens is 1. The van der Waals surface area contributed by atoms with E-state index < -0.39 is 11.8 Å². The average molecular weight is 445 g/mol. The van der Waals surface area contributed by atoms with Crippen molar-refractivity contribution >= 4 is 28.6 Å². The van der Waals surface area contributed by atoms with E-state index in [0.29, 0.717) is 39.3 Å². The summed E-state index contributed by atoms with van der Waals surface area (Å²) in [5.74, 6) is -0.822. The molecular weight excluding hydrogens is 416 g/mol. The predicted octanol–water partition coefficient (Wildman–Crippen LogP) is 2.60. The topological polar surface area (TPSA) is 65.9 Å². The minimum Gasteiger partial charge on any atom is -0.338 e. The zero-order chi connectivity index (χ0) is 22.8. The highest BCUT2D eigenvalue weighted by atomic mass is 16.2. The first-order valence-corrected chi connectivity index (χ1v) is 11.6. The van der Waals surface area contributed by atoms with E-state index in [4.69, 9.17) is 0 Å². The number of piperazine rings is 1. The molecule has 0 unspecified atom stereocenters. The molecule has 0 radical (unpaired) electrons. The van der Waals surface area contributed by atoms with Gasteiger partial charge in [0.2, 0.25) is 5.91 Å². The molecule has 7 heteroatoms. The molecule has 0 saturated carbocycles. The number of likely N-dealkylation sites (tertiary alicyclic amines) is 1. The molecular formula is C26H28N4O3. The Kier molecular flexibility index (Phi) is 5.86. The number of rotatable bonds is 3. The van der Waals surface area contributed by atoms with Crippen molar-refractivity contribution in [3.63, 3.8) is 0 Å². The van der Waals surface area contributed by atoms with Crippen LogP contribution in [-0.4, -0.2) is 76.3 Å². The molecule has 0 atom stereocenters. The maximum atomic E-state index is 13.2. The van der Waals surface area contributed by atoms with E-state index in [9.17, 15) is 14.4 Å². The van der Waals surface area contributed by atoms with Gasteiger partial charge in [-0.1, -0.05) is 48.5 Å². The molecule has 3 heterocycles. The fraction of sp³-hybridized carbons (Fsp3) is 0.346. The summed E-state index contributed by atoms with van der Waals surface area (Å²) in [7, 11) is 0. The third-order valence-electron chi connectivity index (χ3n) is 6.67. The van der Waals surface area contributed by atoms with Crippen LogP contribution in [0.2, 0.25) is 0 Å². The molecule has 0 spiro atoms. The van der Waals surface area contributed by atoms with Crippen molar-refractivity contribution in [3.8, 4) is 11.3 Å². The molecule has 2 aliphatic rings. The Labute approximate surface area is 193 Å². The Bertz CT molecular complexity index is 1170. The van der Waals surface area contributed by atoms with Gasteiger partial charge in [0, 0.05) is 55.9 Å². The van der Waals surface area contributed by atoms with Gasteiger partial charge in [-0.25, -0.2) is 0 Å². The van der Waals surface area contributed by atoms with Gasteiger partial charge < -0.3 is 19.3 Å². The lowest BCUT2D eigenvalue weighted by Gasteiger charge is -2.35. The van der Waals surface area contributed by atoms with E-state index >= 15 is 0 Å². The van der Waals surface area contributed by atoms with Crippen LogP contribution in [0.5, 0.6) is 0 Å². The number of carbonyl (C=O) groups excluding carboxylic acids is 3. The summed E-state index contributed by atoms with van der Waals surface area (Å²) in [6.07, 6.45) is 1.92. The summed E-state index contributed by atoms with van der Waals surface area (Å²) in [5, 5.41) is 1.10. The van der Waals surface area contributed by atoms with Gasteiger partial charge in [0.15, 0.2) is 0 Å². The van der Waals surface area contributed by atoms with Crippen LogP contribution in [0.3, 0.4) is 0 Å². The molecule has 0 aliphatic carbocycles. The van der Waals surface area contributed by atoms with Gasteiger partial charge in [0.25, 0.3) is 0 Å². The van der Waals surface area contributed by atoms with Crippen LogP contribution in [0.1, 0.15) is 12.8 Å². The van der Waals surface area contributed by atoms with Crippen LogP contribution in [0, 0.1) is 0 Å². The average Bonchev–Trinajstić information content (AvgIpc) is 3.53. The van der Waals surface area contributed by atoms with Crippen LogP contribution in [0.15, 0.2) is 60.7 Å². The number of hydrogen-bond acceptors (Lipinski definition) is 3. The molecule has 3 aromatic rings. The minimum atomic E-state index is -0.438. The fourth-order valence-electron chi connectivity index (χ4n) is 4.81. The van der Waals surface area contributed by atoms with E-state index in [1.165, 1.54) is 0 Å². The lowest BCUT2D eigenvalue weighted by Crippen LogP contribution is -2.54. The third-order valence-corrected chi connectivity index (χ3v) is 6.67. The Morgan fingerprint density at radius 3 is 1.94 bits per heavy atom. The fourth-order valence-corrected chi connectivity index (χ4v) is 4.81. The van der Waals surface area contributed by atoms with E-state index in [0.717, 1.165) is 35.0 Å². The molecule has 2 aromatic carbocycles. The zero-order valence-electron chi connectivity index (χ0n) is 18.7. The number of hydrogen-bond donors (Lipinski definition) is 0. The number of para-hydroxylation sites is 1. The highest BCUT2D eigenvalue weighted by Gasteiger charge is 2.32. The number of nitrogens with zero attached hydrogens (tertiary/aromatic N) is 4. The van der Waals surface area contributed by atoms with Gasteiger partial charge in [-0.2, -0.15) is 0 Å². The predicted molar refractivity (Wildman–Crippen MR) is 126 cm³/mol. The van der Waals surface area contributed by atoms with Gasteiger partial charge in [-0.15, -0.1) is 0 Å². The van der Waals surface area contributed by atoms with Crippen LogP contribution >= 0.6 is 0 Å². The largest absolute Gasteiger partial charge is 0.338 e. The van der Waals surface area contributed by atoms with Gasteiger partial charge in [-0.3, -0.25) is 14.4 Å². The first kappa shape index (κ1) is 21.2. The van der Waals surface area contributed by atoms with Crippen molar-refractivity contribution in [3.05, 3.63) is 60.7 Å². The van der Waals surface area contributed by atoms with Crippen molar-refractivity contribution in [2.24, 2.45) is 0 Å². The second-order valence-corrected chi connectivity index (χ2v) is 8.71.